The number of methoxy groups -OCH3 is 1. The van der Waals surface area contributed by atoms with Gasteiger partial charge in [0.2, 0.25) is 5.88 Å². The number of halogens is 1. The maximum absolute atomic E-state index is 5.68. The summed E-state index contributed by atoms with van der Waals surface area (Å²) in [6, 6.07) is 9.03. The second-order valence-electron chi connectivity index (χ2n) is 3.54. The number of ether oxygens (including phenoxy) is 2. The summed E-state index contributed by atoms with van der Waals surface area (Å²) in [5.74, 6) is 1.91. The molecule has 1 aromatic carbocycles. The van der Waals surface area contributed by atoms with E-state index in [9.17, 15) is 0 Å². The summed E-state index contributed by atoms with van der Waals surface area (Å²) < 4.78 is 11.5. The van der Waals surface area contributed by atoms with E-state index in [1.165, 1.54) is 0 Å². The zero-order valence-electron chi connectivity index (χ0n) is 9.76. The van der Waals surface area contributed by atoms with Gasteiger partial charge in [0.25, 0.3) is 0 Å². The Balaban J connectivity index is 2.23. The number of rotatable bonds is 4. The second-order valence-corrected chi connectivity index (χ2v) is 4.46. The molecule has 0 aliphatic carbocycles. The summed E-state index contributed by atoms with van der Waals surface area (Å²) >= 11 is 3.37. The van der Waals surface area contributed by atoms with Gasteiger partial charge in [0.1, 0.15) is 18.2 Å². The Morgan fingerprint density at radius 1 is 1.28 bits per heavy atom. The number of nitrogens with zero attached hydrogens (tertiary/aromatic N) is 2. The molecular formula is C12H12BrN3O2. The highest BCUT2D eigenvalue weighted by molar-refractivity contribution is 9.10. The summed E-state index contributed by atoms with van der Waals surface area (Å²) in [5.41, 5.74) is 5.68. The van der Waals surface area contributed by atoms with Crippen molar-refractivity contribution in [2.75, 3.05) is 12.8 Å². The van der Waals surface area contributed by atoms with Crippen molar-refractivity contribution in [3.8, 4) is 11.6 Å². The molecule has 0 amide bonds. The molecule has 0 spiro atoms. The van der Waals surface area contributed by atoms with Crippen LogP contribution < -0.4 is 10.5 Å². The molecule has 0 saturated carbocycles. The van der Waals surface area contributed by atoms with Crippen molar-refractivity contribution < 1.29 is 9.47 Å². The highest BCUT2D eigenvalue weighted by Crippen LogP contribution is 2.23. The van der Waals surface area contributed by atoms with Gasteiger partial charge < -0.3 is 15.2 Å². The van der Waals surface area contributed by atoms with Crippen molar-refractivity contribution in [3.05, 3.63) is 40.6 Å². The van der Waals surface area contributed by atoms with Crippen molar-refractivity contribution in [3.63, 3.8) is 0 Å². The summed E-state index contributed by atoms with van der Waals surface area (Å²) in [4.78, 5) is 8.23. The van der Waals surface area contributed by atoms with Gasteiger partial charge >= 0.3 is 0 Å². The first-order valence-electron chi connectivity index (χ1n) is 5.23. The van der Waals surface area contributed by atoms with Gasteiger partial charge in [0.05, 0.1) is 0 Å². The van der Waals surface area contributed by atoms with E-state index < -0.39 is 0 Å². The predicted molar refractivity (Wildman–Crippen MR) is 71.4 cm³/mol. The first kappa shape index (κ1) is 12.8. The van der Waals surface area contributed by atoms with Crippen molar-refractivity contribution in [1.82, 2.24) is 9.97 Å². The molecule has 0 saturated heterocycles. The molecule has 5 nitrogen and oxygen atoms in total. The van der Waals surface area contributed by atoms with E-state index in [2.05, 4.69) is 25.9 Å². The lowest BCUT2D eigenvalue weighted by molar-refractivity contribution is 0.177. The van der Waals surface area contributed by atoms with Gasteiger partial charge in [0, 0.05) is 17.6 Å². The van der Waals surface area contributed by atoms with E-state index in [-0.39, 0.29) is 0 Å². The van der Waals surface area contributed by atoms with E-state index >= 15 is 0 Å². The second kappa shape index (κ2) is 5.79. The van der Waals surface area contributed by atoms with Gasteiger partial charge in [-0.15, -0.1) is 0 Å². The van der Waals surface area contributed by atoms with Crippen LogP contribution in [-0.4, -0.2) is 17.1 Å². The number of nitrogen functional groups attached to an aromatic ring is 1. The van der Waals surface area contributed by atoms with Crippen LogP contribution in [0.15, 0.2) is 34.8 Å². The number of hydrogen-bond donors (Lipinski definition) is 1. The normalized spacial score (nSPS) is 10.3. The van der Waals surface area contributed by atoms with Crippen molar-refractivity contribution >= 4 is 21.7 Å². The van der Waals surface area contributed by atoms with Gasteiger partial charge in [-0.05, 0) is 18.2 Å². The number of aromatic nitrogens is 2. The van der Waals surface area contributed by atoms with Crippen molar-refractivity contribution in [2.24, 2.45) is 0 Å². The van der Waals surface area contributed by atoms with Gasteiger partial charge in [0.15, 0.2) is 5.82 Å². The minimum atomic E-state index is 0.292. The van der Waals surface area contributed by atoms with Crippen LogP contribution in [0.3, 0.4) is 0 Å². The van der Waals surface area contributed by atoms with E-state index in [1.54, 1.807) is 13.2 Å². The Labute approximate surface area is 113 Å². The molecule has 0 radical (unpaired) electrons. The molecule has 2 rings (SSSR count). The molecule has 1 heterocycles. The zero-order valence-corrected chi connectivity index (χ0v) is 11.3. The smallest absolute Gasteiger partial charge is 0.224 e. The molecule has 0 atom stereocenters. The van der Waals surface area contributed by atoms with Crippen LogP contribution >= 0.6 is 15.9 Å². The molecule has 2 N–H and O–H groups in total. The molecule has 6 heteroatoms. The Morgan fingerprint density at radius 3 is 2.83 bits per heavy atom. The fourth-order valence-electron chi connectivity index (χ4n) is 1.39. The van der Waals surface area contributed by atoms with E-state index in [4.69, 9.17) is 15.2 Å². The van der Waals surface area contributed by atoms with Crippen LogP contribution in [0.25, 0.3) is 0 Å². The fourth-order valence-corrected chi connectivity index (χ4v) is 1.77. The van der Waals surface area contributed by atoms with E-state index in [1.807, 2.05) is 24.3 Å². The average Bonchev–Trinajstić information content (AvgIpc) is 2.28. The Kier molecular flexibility index (Phi) is 4.11. The van der Waals surface area contributed by atoms with Crippen molar-refractivity contribution in [2.45, 2.75) is 6.61 Å². The molecule has 1 aromatic heterocycles. The third-order valence-electron chi connectivity index (χ3n) is 2.06. The molecule has 2 aromatic rings. The largest absolute Gasteiger partial charge is 0.439 e. The standard InChI is InChI=1S/C12H12BrN3O2/c1-17-7-11-15-10(14)6-12(16-11)18-9-4-2-3-8(13)5-9/h2-6H,7H2,1H3,(H2,14,15,16). The topological polar surface area (TPSA) is 70.3 Å². The summed E-state index contributed by atoms with van der Waals surface area (Å²) in [5, 5.41) is 0. The quantitative estimate of drug-likeness (QED) is 0.940. The van der Waals surface area contributed by atoms with Crippen LogP contribution in [0.2, 0.25) is 0 Å². The van der Waals surface area contributed by atoms with E-state index in [0.717, 1.165) is 4.47 Å². The monoisotopic (exact) mass is 309 g/mol. The zero-order chi connectivity index (χ0) is 13.0. The summed E-state index contributed by atoms with van der Waals surface area (Å²) in [6.07, 6.45) is 0. The fraction of sp³-hybridized carbons (Fsp3) is 0.167. The molecule has 0 unspecified atom stereocenters. The number of benzene rings is 1. The lowest BCUT2D eigenvalue weighted by Crippen LogP contribution is -2.02. The minimum absolute atomic E-state index is 0.292. The van der Waals surface area contributed by atoms with Gasteiger partial charge in [-0.3, -0.25) is 0 Å². The van der Waals surface area contributed by atoms with Crippen LogP contribution in [0.5, 0.6) is 11.6 Å². The van der Waals surface area contributed by atoms with E-state index in [0.29, 0.717) is 29.9 Å². The predicted octanol–water partition coefficient (Wildman–Crippen LogP) is 2.76. The first-order valence-corrected chi connectivity index (χ1v) is 6.02. The first-order chi connectivity index (χ1) is 8.67. The van der Waals surface area contributed by atoms with Crippen molar-refractivity contribution in [1.29, 1.82) is 0 Å². The van der Waals surface area contributed by atoms with Crippen LogP contribution in [0.4, 0.5) is 5.82 Å². The molecule has 0 aliphatic heterocycles. The maximum atomic E-state index is 5.68. The van der Waals surface area contributed by atoms with Crippen LogP contribution in [0, 0.1) is 0 Å². The number of nitrogens with two attached hydrogens (primary N) is 1. The maximum Gasteiger partial charge on any atom is 0.224 e. The Bertz CT molecular complexity index is 549. The van der Waals surface area contributed by atoms with Gasteiger partial charge in [-0.2, -0.15) is 4.98 Å². The molecule has 94 valence electrons. The lowest BCUT2D eigenvalue weighted by atomic mass is 10.3. The Hall–Kier alpha value is -1.66. The van der Waals surface area contributed by atoms with Gasteiger partial charge in [-0.1, -0.05) is 22.0 Å². The van der Waals surface area contributed by atoms with Crippen LogP contribution in [0.1, 0.15) is 5.82 Å². The highest BCUT2D eigenvalue weighted by Gasteiger charge is 2.05. The molecule has 18 heavy (non-hydrogen) atoms. The summed E-state index contributed by atoms with van der Waals surface area (Å²) in [6.45, 7) is 0.292. The number of anilines is 1. The Morgan fingerprint density at radius 2 is 2.11 bits per heavy atom. The molecule has 0 bridgehead atoms. The molecule has 0 fully saturated rings. The molecular weight excluding hydrogens is 298 g/mol. The SMILES string of the molecule is COCc1nc(N)cc(Oc2cccc(Br)c2)n1. The lowest BCUT2D eigenvalue weighted by Gasteiger charge is -2.07. The van der Waals surface area contributed by atoms with Gasteiger partial charge in [-0.25, -0.2) is 4.98 Å². The minimum Gasteiger partial charge on any atom is -0.439 e. The third-order valence-corrected chi connectivity index (χ3v) is 2.55. The highest BCUT2D eigenvalue weighted by atomic mass is 79.9. The third kappa shape index (κ3) is 3.41. The average molecular weight is 310 g/mol. The molecule has 0 aliphatic rings. The number of hydrogen-bond acceptors (Lipinski definition) is 5. The van der Waals surface area contributed by atoms with Crippen LogP contribution in [-0.2, 0) is 11.3 Å². The summed E-state index contributed by atoms with van der Waals surface area (Å²) in [7, 11) is 1.57.